The first-order valence-corrected chi connectivity index (χ1v) is 8.27. The van der Waals surface area contributed by atoms with Crippen LogP contribution >= 0.6 is 0 Å². The van der Waals surface area contributed by atoms with E-state index in [0.717, 1.165) is 25.0 Å². The first kappa shape index (κ1) is 14.7. The van der Waals surface area contributed by atoms with E-state index >= 15 is 0 Å². The minimum atomic E-state index is -0.788. The lowest BCUT2D eigenvalue weighted by Gasteiger charge is -2.32. The third kappa shape index (κ3) is 3.44. The summed E-state index contributed by atoms with van der Waals surface area (Å²) in [6, 6.07) is 8.72. The molecule has 3 unspecified atom stereocenters. The van der Waals surface area contributed by atoms with Gasteiger partial charge in [0.1, 0.15) is 0 Å². The van der Waals surface area contributed by atoms with Crippen molar-refractivity contribution < 1.29 is 8.95 Å². The number of hydrogen-bond donors (Lipinski definition) is 1. The van der Waals surface area contributed by atoms with Crippen molar-refractivity contribution in [3.8, 4) is 0 Å². The van der Waals surface area contributed by atoms with Crippen molar-refractivity contribution in [2.75, 3.05) is 26.5 Å². The molecule has 0 spiro atoms. The molecule has 0 saturated carbocycles. The summed E-state index contributed by atoms with van der Waals surface area (Å²) in [4.78, 5) is 0. The smallest absolute Gasteiger partial charge is 0.0546 e. The highest BCUT2D eigenvalue weighted by Crippen LogP contribution is 2.32. The van der Waals surface area contributed by atoms with Crippen LogP contribution in [0.25, 0.3) is 0 Å². The molecule has 1 N–H and O–H groups in total. The van der Waals surface area contributed by atoms with Gasteiger partial charge < -0.3 is 10.1 Å². The standard InChI is InChI=1S/C15H23NO2S/c1-16-15-13-7-4-3-6-12(13)8-9-14(15)19(17)11-5-10-18-2/h3-4,6-7,14-16H,5,8-11H2,1-2H3. The molecular formula is C15H23NO2S. The number of aryl methyl sites for hydroxylation is 1. The Balaban J connectivity index is 2.09. The van der Waals surface area contributed by atoms with Crippen molar-refractivity contribution in [3.05, 3.63) is 35.4 Å². The molecule has 4 heteroatoms. The summed E-state index contributed by atoms with van der Waals surface area (Å²) in [6.07, 6.45) is 2.91. The number of methoxy groups -OCH3 is 1. The van der Waals surface area contributed by atoms with E-state index < -0.39 is 10.8 Å². The average Bonchev–Trinajstić information content (AvgIpc) is 2.46. The van der Waals surface area contributed by atoms with Gasteiger partial charge in [-0.25, -0.2) is 0 Å². The zero-order chi connectivity index (χ0) is 13.7. The van der Waals surface area contributed by atoms with Gasteiger partial charge >= 0.3 is 0 Å². The van der Waals surface area contributed by atoms with E-state index in [1.54, 1.807) is 7.11 Å². The maximum absolute atomic E-state index is 12.5. The Hall–Kier alpha value is -0.710. The van der Waals surface area contributed by atoms with Crippen LogP contribution in [0.4, 0.5) is 0 Å². The highest BCUT2D eigenvalue weighted by molar-refractivity contribution is 7.85. The van der Waals surface area contributed by atoms with Gasteiger partial charge in [0.2, 0.25) is 0 Å². The van der Waals surface area contributed by atoms with E-state index in [0.29, 0.717) is 6.61 Å². The topological polar surface area (TPSA) is 38.3 Å². The molecule has 2 rings (SSSR count). The molecule has 0 aromatic heterocycles. The van der Waals surface area contributed by atoms with Crippen LogP contribution in [-0.2, 0) is 22.0 Å². The summed E-state index contributed by atoms with van der Waals surface area (Å²) in [5.41, 5.74) is 2.72. The number of hydrogen-bond acceptors (Lipinski definition) is 3. The fourth-order valence-electron chi connectivity index (χ4n) is 2.85. The molecule has 106 valence electrons. The molecule has 3 nitrogen and oxygen atoms in total. The highest BCUT2D eigenvalue weighted by atomic mass is 32.2. The van der Waals surface area contributed by atoms with E-state index in [2.05, 4.69) is 29.6 Å². The van der Waals surface area contributed by atoms with Crippen molar-refractivity contribution in [2.45, 2.75) is 30.6 Å². The molecule has 1 aromatic rings. The lowest BCUT2D eigenvalue weighted by atomic mass is 9.87. The Kier molecular flexibility index (Phi) is 5.55. The number of rotatable bonds is 6. The molecule has 0 bridgehead atoms. The molecule has 0 saturated heterocycles. The van der Waals surface area contributed by atoms with Gasteiger partial charge in [0.05, 0.1) is 5.25 Å². The average molecular weight is 281 g/mol. The van der Waals surface area contributed by atoms with Crippen LogP contribution in [-0.4, -0.2) is 36.0 Å². The second kappa shape index (κ2) is 7.17. The summed E-state index contributed by atoms with van der Waals surface area (Å²) in [7, 11) is 2.87. The number of benzene rings is 1. The van der Waals surface area contributed by atoms with Gasteiger partial charge in [0.15, 0.2) is 0 Å². The lowest BCUT2D eigenvalue weighted by molar-refractivity contribution is 0.200. The summed E-state index contributed by atoms with van der Waals surface area (Å²) in [5, 5.41) is 3.58. The molecular weight excluding hydrogens is 258 g/mol. The summed E-state index contributed by atoms with van der Waals surface area (Å²) in [6.45, 7) is 0.694. The van der Waals surface area contributed by atoms with Crippen LogP contribution in [0.15, 0.2) is 24.3 Å². The van der Waals surface area contributed by atoms with Crippen LogP contribution < -0.4 is 5.32 Å². The number of ether oxygens (including phenoxy) is 1. The van der Waals surface area contributed by atoms with Crippen LogP contribution in [0.1, 0.15) is 30.0 Å². The Morgan fingerprint density at radius 3 is 2.95 bits per heavy atom. The zero-order valence-electron chi connectivity index (χ0n) is 11.7. The normalized spacial score (nSPS) is 23.9. The third-order valence-electron chi connectivity index (χ3n) is 3.80. The fourth-order valence-corrected chi connectivity index (χ4v) is 4.52. The molecule has 0 aliphatic heterocycles. The Morgan fingerprint density at radius 1 is 1.42 bits per heavy atom. The van der Waals surface area contributed by atoms with Gasteiger partial charge in [-0.3, -0.25) is 4.21 Å². The van der Waals surface area contributed by atoms with Gasteiger partial charge in [0, 0.05) is 36.3 Å². The molecule has 0 radical (unpaired) electrons. The van der Waals surface area contributed by atoms with Gasteiger partial charge in [0.25, 0.3) is 0 Å². The van der Waals surface area contributed by atoms with Gasteiger partial charge in [-0.2, -0.15) is 0 Å². The summed E-state index contributed by atoms with van der Waals surface area (Å²) in [5.74, 6) is 0.735. The van der Waals surface area contributed by atoms with Gasteiger partial charge in [-0.05, 0) is 37.4 Å². The highest BCUT2D eigenvalue weighted by Gasteiger charge is 2.31. The van der Waals surface area contributed by atoms with Crippen LogP contribution in [0.5, 0.6) is 0 Å². The predicted octanol–water partition coefficient (Wildman–Crippen LogP) is 2.05. The quantitative estimate of drug-likeness (QED) is 0.811. The molecule has 0 amide bonds. The van der Waals surface area contributed by atoms with E-state index in [4.69, 9.17) is 4.74 Å². The third-order valence-corrected chi connectivity index (χ3v) is 5.68. The van der Waals surface area contributed by atoms with Gasteiger partial charge in [-0.15, -0.1) is 0 Å². The summed E-state index contributed by atoms with van der Waals surface area (Å²) < 4.78 is 17.5. The maximum Gasteiger partial charge on any atom is 0.0546 e. The minimum Gasteiger partial charge on any atom is -0.385 e. The Labute approximate surface area is 118 Å². The van der Waals surface area contributed by atoms with E-state index in [1.807, 2.05) is 7.05 Å². The van der Waals surface area contributed by atoms with Crippen molar-refractivity contribution in [1.29, 1.82) is 0 Å². The SMILES string of the molecule is CNC1c2ccccc2CCC1S(=O)CCCOC. The number of fused-ring (bicyclic) bond motifs is 1. The van der Waals surface area contributed by atoms with E-state index in [-0.39, 0.29) is 11.3 Å². The Morgan fingerprint density at radius 2 is 2.21 bits per heavy atom. The second-order valence-electron chi connectivity index (χ2n) is 4.97. The van der Waals surface area contributed by atoms with Crippen LogP contribution in [0.2, 0.25) is 0 Å². The largest absolute Gasteiger partial charge is 0.385 e. The minimum absolute atomic E-state index is 0.216. The molecule has 3 atom stereocenters. The summed E-state index contributed by atoms with van der Waals surface area (Å²) >= 11 is 0. The van der Waals surface area contributed by atoms with E-state index in [1.165, 1.54) is 11.1 Å². The maximum atomic E-state index is 12.5. The molecule has 0 fully saturated rings. The molecule has 1 aromatic carbocycles. The molecule has 0 heterocycles. The monoisotopic (exact) mass is 281 g/mol. The Bertz CT molecular complexity index is 436. The fraction of sp³-hybridized carbons (Fsp3) is 0.600. The van der Waals surface area contributed by atoms with E-state index in [9.17, 15) is 4.21 Å². The van der Waals surface area contributed by atoms with Crippen molar-refractivity contribution in [1.82, 2.24) is 5.32 Å². The van der Waals surface area contributed by atoms with Crippen LogP contribution in [0, 0.1) is 0 Å². The first-order valence-electron chi connectivity index (χ1n) is 6.89. The first-order chi connectivity index (χ1) is 9.27. The number of nitrogens with one attached hydrogen (secondary N) is 1. The molecule has 1 aliphatic carbocycles. The predicted molar refractivity (Wildman–Crippen MR) is 79.9 cm³/mol. The van der Waals surface area contributed by atoms with Crippen LogP contribution in [0.3, 0.4) is 0 Å². The molecule has 19 heavy (non-hydrogen) atoms. The van der Waals surface area contributed by atoms with Gasteiger partial charge in [-0.1, -0.05) is 24.3 Å². The molecule has 1 aliphatic rings. The van der Waals surface area contributed by atoms with Crippen molar-refractivity contribution in [3.63, 3.8) is 0 Å². The van der Waals surface area contributed by atoms with Crippen molar-refractivity contribution in [2.24, 2.45) is 0 Å². The second-order valence-corrected chi connectivity index (χ2v) is 6.75. The van der Waals surface area contributed by atoms with Crippen molar-refractivity contribution >= 4 is 10.8 Å². The lowest BCUT2D eigenvalue weighted by Crippen LogP contribution is -2.37. The zero-order valence-corrected chi connectivity index (χ0v) is 12.5.